The Morgan fingerprint density at radius 3 is 2.46 bits per heavy atom. The van der Waals surface area contributed by atoms with E-state index in [4.69, 9.17) is 0 Å². The molecule has 0 aliphatic carbocycles. The fourth-order valence-electron chi connectivity index (χ4n) is 0.930. The topological polar surface area (TPSA) is 29.1 Å². The molecule has 13 heavy (non-hydrogen) atoms. The molecule has 1 N–H and O–H groups in total. The molecule has 0 spiro atoms. The molecule has 64 valence electrons. The quantitative estimate of drug-likeness (QED) is 0.615. The molecule has 1 aromatic rings. The van der Waals surface area contributed by atoms with Gasteiger partial charge in [0.1, 0.15) is 0 Å². The largest absolute Gasteiger partial charge is 1.00 e. The number of carbonyl (C=O) groups is 1. The molecule has 0 aliphatic heterocycles. The summed E-state index contributed by atoms with van der Waals surface area (Å²) in [5.41, 5.74) is 0.728. The van der Waals surface area contributed by atoms with Crippen LogP contribution in [0.5, 0.6) is 0 Å². The normalized spacial score (nSPS) is 8.69. The van der Waals surface area contributed by atoms with Crippen LogP contribution >= 0.6 is 0 Å². The van der Waals surface area contributed by atoms with E-state index < -0.39 is 0 Å². The Balaban J connectivity index is 0.00000144. The third kappa shape index (κ3) is 4.93. The standard InChI is InChI=1S/C10H13NO.K/c1-2-8-11-10(12)9-6-4-3-5-7-9;/h3-7H,2,8H2,1H3,(H,11,12);/q;+1. The Hall–Kier alpha value is 0.326. The van der Waals surface area contributed by atoms with Gasteiger partial charge in [0, 0.05) is 12.1 Å². The summed E-state index contributed by atoms with van der Waals surface area (Å²) in [5.74, 6) is 0.0115. The zero-order valence-corrected chi connectivity index (χ0v) is 11.3. The molecule has 0 bridgehead atoms. The number of nitrogens with one attached hydrogen (secondary N) is 1. The van der Waals surface area contributed by atoms with E-state index >= 15 is 0 Å². The molecule has 0 saturated heterocycles. The van der Waals surface area contributed by atoms with Crippen molar-refractivity contribution < 1.29 is 56.2 Å². The van der Waals surface area contributed by atoms with Crippen molar-refractivity contribution in [2.45, 2.75) is 13.3 Å². The van der Waals surface area contributed by atoms with Crippen LogP contribution in [-0.2, 0) is 0 Å². The maximum atomic E-state index is 11.3. The second kappa shape index (κ2) is 7.70. The van der Waals surface area contributed by atoms with Crippen molar-refractivity contribution in [3.63, 3.8) is 0 Å². The van der Waals surface area contributed by atoms with Crippen LogP contribution in [0.2, 0.25) is 0 Å². The minimum atomic E-state index is 0. The Morgan fingerprint density at radius 1 is 1.31 bits per heavy atom. The maximum Gasteiger partial charge on any atom is 1.00 e. The van der Waals surface area contributed by atoms with Gasteiger partial charge >= 0.3 is 51.4 Å². The fourth-order valence-corrected chi connectivity index (χ4v) is 0.930. The summed E-state index contributed by atoms with van der Waals surface area (Å²) >= 11 is 0. The van der Waals surface area contributed by atoms with Crippen LogP contribution in [0.15, 0.2) is 30.3 Å². The fraction of sp³-hybridized carbons (Fsp3) is 0.300. The average molecular weight is 202 g/mol. The van der Waals surface area contributed by atoms with Crippen molar-refractivity contribution in [1.82, 2.24) is 5.32 Å². The van der Waals surface area contributed by atoms with E-state index in [1.54, 1.807) is 0 Å². The molecule has 1 amide bonds. The Bertz CT molecular complexity index is 248. The van der Waals surface area contributed by atoms with Crippen LogP contribution < -0.4 is 56.7 Å². The van der Waals surface area contributed by atoms with Gasteiger partial charge in [-0.3, -0.25) is 4.79 Å². The average Bonchev–Trinajstić information content (AvgIpc) is 2.15. The van der Waals surface area contributed by atoms with Crippen molar-refractivity contribution in [2.75, 3.05) is 6.54 Å². The van der Waals surface area contributed by atoms with Crippen molar-refractivity contribution in [1.29, 1.82) is 0 Å². The number of carbonyl (C=O) groups excluding carboxylic acids is 1. The van der Waals surface area contributed by atoms with E-state index in [0.29, 0.717) is 0 Å². The van der Waals surface area contributed by atoms with Gasteiger partial charge in [-0.2, -0.15) is 0 Å². The van der Waals surface area contributed by atoms with Gasteiger partial charge in [-0.05, 0) is 18.6 Å². The molecule has 0 unspecified atom stereocenters. The number of benzene rings is 1. The molecule has 3 heteroatoms. The molecule has 0 aliphatic rings. The zero-order valence-electron chi connectivity index (χ0n) is 8.21. The predicted octanol–water partition coefficient (Wildman–Crippen LogP) is -1.17. The Kier molecular flexibility index (Phi) is 7.90. The summed E-state index contributed by atoms with van der Waals surface area (Å²) in [7, 11) is 0. The van der Waals surface area contributed by atoms with Gasteiger partial charge in [-0.25, -0.2) is 0 Å². The van der Waals surface area contributed by atoms with Crippen LogP contribution in [0.1, 0.15) is 23.7 Å². The van der Waals surface area contributed by atoms with Crippen LogP contribution in [0.3, 0.4) is 0 Å². The van der Waals surface area contributed by atoms with Crippen molar-refractivity contribution in [3.8, 4) is 0 Å². The molecule has 0 saturated carbocycles. The molecule has 2 nitrogen and oxygen atoms in total. The van der Waals surface area contributed by atoms with E-state index in [1.165, 1.54) is 0 Å². The Labute approximate surface area is 122 Å². The van der Waals surface area contributed by atoms with E-state index in [0.717, 1.165) is 18.5 Å². The van der Waals surface area contributed by atoms with Gasteiger partial charge < -0.3 is 5.32 Å². The summed E-state index contributed by atoms with van der Waals surface area (Å²) in [6.07, 6.45) is 0.971. The second-order valence-corrected chi connectivity index (χ2v) is 2.62. The Morgan fingerprint density at radius 2 is 1.92 bits per heavy atom. The van der Waals surface area contributed by atoms with Gasteiger partial charge in [0.15, 0.2) is 0 Å². The minimum absolute atomic E-state index is 0. The summed E-state index contributed by atoms with van der Waals surface area (Å²) in [6.45, 7) is 2.78. The van der Waals surface area contributed by atoms with Crippen LogP contribution in [0.25, 0.3) is 0 Å². The maximum absolute atomic E-state index is 11.3. The molecule has 1 rings (SSSR count). The number of amides is 1. The van der Waals surface area contributed by atoms with Crippen molar-refractivity contribution in [3.05, 3.63) is 35.9 Å². The van der Waals surface area contributed by atoms with Gasteiger partial charge in [0.05, 0.1) is 0 Å². The molecule has 0 atom stereocenters. The second-order valence-electron chi connectivity index (χ2n) is 2.62. The number of hydrogen-bond acceptors (Lipinski definition) is 1. The minimum Gasteiger partial charge on any atom is -0.352 e. The number of rotatable bonds is 3. The molecule has 0 aromatic heterocycles. The molecular weight excluding hydrogens is 189 g/mol. The first kappa shape index (κ1) is 13.3. The monoisotopic (exact) mass is 202 g/mol. The first-order chi connectivity index (χ1) is 5.84. The van der Waals surface area contributed by atoms with E-state index in [-0.39, 0.29) is 57.3 Å². The predicted molar refractivity (Wildman–Crippen MR) is 49.1 cm³/mol. The van der Waals surface area contributed by atoms with Crippen molar-refractivity contribution >= 4 is 5.91 Å². The third-order valence-corrected chi connectivity index (χ3v) is 1.57. The SMILES string of the molecule is CCCNC(=O)c1ccccc1.[K+]. The smallest absolute Gasteiger partial charge is 0.352 e. The zero-order chi connectivity index (χ0) is 8.81. The van der Waals surface area contributed by atoms with Gasteiger partial charge in [-0.1, -0.05) is 25.1 Å². The molecule has 1 aromatic carbocycles. The van der Waals surface area contributed by atoms with Crippen LogP contribution in [0.4, 0.5) is 0 Å². The van der Waals surface area contributed by atoms with Gasteiger partial charge in [0.25, 0.3) is 5.91 Å². The molecular formula is C10H13KNO+. The summed E-state index contributed by atoms with van der Waals surface area (Å²) in [4.78, 5) is 11.3. The summed E-state index contributed by atoms with van der Waals surface area (Å²) in [5, 5.41) is 2.81. The van der Waals surface area contributed by atoms with Crippen LogP contribution in [-0.4, -0.2) is 12.5 Å². The van der Waals surface area contributed by atoms with E-state index in [2.05, 4.69) is 5.32 Å². The van der Waals surface area contributed by atoms with E-state index in [1.807, 2.05) is 37.3 Å². The van der Waals surface area contributed by atoms with Gasteiger partial charge in [0.2, 0.25) is 0 Å². The molecule has 0 fully saturated rings. The summed E-state index contributed by atoms with van der Waals surface area (Å²) in [6, 6.07) is 9.24. The number of hydrogen-bond donors (Lipinski definition) is 1. The first-order valence-corrected chi connectivity index (χ1v) is 4.18. The van der Waals surface area contributed by atoms with Gasteiger partial charge in [-0.15, -0.1) is 0 Å². The first-order valence-electron chi connectivity index (χ1n) is 4.18. The summed E-state index contributed by atoms with van der Waals surface area (Å²) < 4.78 is 0. The molecule has 0 radical (unpaired) electrons. The molecule has 0 heterocycles. The van der Waals surface area contributed by atoms with Crippen molar-refractivity contribution in [2.24, 2.45) is 0 Å². The van der Waals surface area contributed by atoms with E-state index in [9.17, 15) is 4.79 Å². The third-order valence-electron chi connectivity index (χ3n) is 1.57. The van der Waals surface area contributed by atoms with Crippen LogP contribution in [0, 0.1) is 0 Å².